The second-order valence-corrected chi connectivity index (χ2v) is 6.04. The van der Waals surface area contributed by atoms with Crippen LogP contribution in [0.15, 0.2) is 41.8 Å². The number of benzene rings is 1. The average molecular weight is 309 g/mol. The Bertz CT molecular complexity index is 522. The summed E-state index contributed by atoms with van der Waals surface area (Å²) in [6, 6.07) is 7.09. The first-order valence-electron chi connectivity index (χ1n) is 6.65. The smallest absolute Gasteiger partial charge is 0.338 e. The third-order valence-electron chi connectivity index (χ3n) is 3.41. The summed E-state index contributed by atoms with van der Waals surface area (Å²) in [7, 11) is 1.34. The molecule has 1 saturated heterocycles. The largest absolute Gasteiger partial charge is 0.465 e. The maximum Gasteiger partial charge on any atom is 0.338 e. The second-order valence-electron chi connectivity index (χ2n) is 4.76. The highest BCUT2D eigenvalue weighted by atomic mass is 32.2. The van der Waals surface area contributed by atoms with Crippen LogP contribution < -0.4 is 0 Å². The van der Waals surface area contributed by atoms with E-state index in [1.807, 2.05) is 12.1 Å². The highest BCUT2D eigenvalue weighted by molar-refractivity contribution is 8.00. The zero-order valence-electron chi connectivity index (χ0n) is 11.8. The van der Waals surface area contributed by atoms with Crippen molar-refractivity contribution in [1.82, 2.24) is 4.90 Å². The number of carbonyl (C=O) groups excluding carboxylic acids is 1. The number of hydrogen-bond acceptors (Lipinski definition) is 6. The van der Waals surface area contributed by atoms with Crippen LogP contribution in [0.5, 0.6) is 0 Å². The maximum atomic E-state index is 11.7. The molecule has 2 N–H and O–H groups in total. The van der Waals surface area contributed by atoms with Crippen molar-refractivity contribution in [2.45, 2.75) is 29.0 Å². The van der Waals surface area contributed by atoms with E-state index in [1.165, 1.54) is 18.9 Å². The topological polar surface area (TPSA) is 70.0 Å². The normalized spacial score (nSPS) is 25.8. The molecule has 1 fully saturated rings. The van der Waals surface area contributed by atoms with Crippen LogP contribution in [0.25, 0.3) is 0 Å². The lowest BCUT2D eigenvalue weighted by molar-refractivity contribution is -0.0439. The summed E-state index contributed by atoms with van der Waals surface area (Å²) in [4.78, 5) is 14.1. The van der Waals surface area contributed by atoms with Crippen molar-refractivity contribution < 1.29 is 19.7 Å². The van der Waals surface area contributed by atoms with Gasteiger partial charge >= 0.3 is 5.97 Å². The molecule has 21 heavy (non-hydrogen) atoms. The molecule has 1 aliphatic rings. The van der Waals surface area contributed by atoms with Crippen LogP contribution in [-0.4, -0.2) is 52.4 Å². The molecule has 0 aromatic heterocycles. The number of carbonyl (C=O) groups is 1. The number of thioether (sulfide) groups is 1. The number of methoxy groups -OCH3 is 1. The van der Waals surface area contributed by atoms with E-state index >= 15 is 0 Å². The van der Waals surface area contributed by atoms with Gasteiger partial charge in [0, 0.05) is 17.9 Å². The van der Waals surface area contributed by atoms with Crippen molar-refractivity contribution in [2.24, 2.45) is 0 Å². The van der Waals surface area contributed by atoms with Gasteiger partial charge in [0.1, 0.15) is 12.5 Å². The Hall–Kier alpha value is -1.34. The Balaban J connectivity index is 2.16. The molecule has 1 heterocycles. The number of likely N-dealkylation sites (tertiary alicyclic amines) is 1. The van der Waals surface area contributed by atoms with Gasteiger partial charge in [-0.1, -0.05) is 18.2 Å². The molecule has 0 radical (unpaired) electrons. The van der Waals surface area contributed by atoms with E-state index in [-0.39, 0.29) is 5.25 Å². The summed E-state index contributed by atoms with van der Waals surface area (Å²) < 4.78 is 4.76. The van der Waals surface area contributed by atoms with E-state index in [1.54, 1.807) is 23.1 Å². The zero-order chi connectivity index (χ0) is 15.4. The molecular weight excluding hydrogens is 290 g/mol. The third-order valence-corrected chi connectivity index (χ3v) is 4.76. The molecular formula is C15H19NO4S. The van der Waals surface area contributed by atoms with Gasteiger partial charge in [-0.25, -0.2) is 9.69 Å². The highest BCUT2D eigenvalue weighted by Crippen LogP contribution is 2.37. The standard InChI is InChI=1S/C15H19NO4S/c1-3-8-16-13(17)9-12(14(16)18)21-11-7-5-4-6-10(11)15(19)20-2/h3-7,12-14,17-18H,1,8-9H2,2H3. The van der Waals surface area contributed by atoms with Crippen molar-refractivity contribution in [3.63, 3.8) is 0 Å². The zero-order valence-corrected chi connectivity index (χ0v) is 12.6. The predicted octanol–water partition coefficient (Wildman–Crippen LogP) is 1.46. The van der Waals surface area contributed by atoms with E-state index in [4.69, 9.17) is 4.74 Å². The molecule has 2 rings (SSSR count). The van der Waals surface area contributed by atoms with Gasteiger partial charge in [-0.15, -0.1) is 18.3 Å². The molecule has 114 valence electrons. The first-order valence-corrected chi connectivity index (χ1v) is 7.53. The van der Waals surface area contributed by atoms with Crippen LogP contribution in [0.3, 0.4) is 0 Å². The lowest BCUT2D eigenvalue weighted by atomic mass is 10.2. The van der Waals surface area contributed by atoms with E-state index < -0.39 is 18.4 Å². The van der Waals surface area contributed by atoms with Crippen molar-refractivity contribution >= 4 is 17.7 Å². The van der Waals surface area contributed by atoms with Crippen LogP contribution in [-0.2, 0) is 4.74 Å². The first kappa shape index (κ1) is 16.0. The fourth-order valence-corrected chi connectivity index (χ4v) is 3.66. The molecule has 0 amide bonds. The summed E-state index contributed by atoms with van der Waals surface area (Å²) in [5, 5.41) is 20.0. The Kier molecular flexibility index (Phi) is 5.41. The van der Waals surface area contributed by atoms with Gasteiger partial charge in [0.2, 0.25) is 0 Å². The van der Waals surface area contributed by atoms with Crippen LogP contribution in [0.1, 0.15) is 16.8 Å². The molecule has 0 bridgehead atoms. The molecule has 3 atom stereocenters. The summed E-state index contributed by atoms with van der Waals surface area (Å²) in [5.74, 6) is -0.408. The number of aliphatic hydroxyl groups excluding tert-OH is 2. The Morgan fingerprint density at radius 1 is 1.52 bits per heavy atom. The molecule has 5 nitrogen and oxygen atoms in total. The third kappa shape index (κ3) is 3.47. The minimum Gasteiger partial charge on any atom is -0.465 e. The Morgan fingerprint density at radius 2 is 2.24 bits per heavy atom. The molecule has 0 spiro atoms. The van der Waals surface area contributed by atoms with E-state index in [0.717, 1.165) is 4.90 Å². The summed E-state index contributed by atoms with van der Waals surface area (Å²) >= 11 is 1.38. The van der Waals surface area contributed by atoms with Gasteiger partial charge < -0.3 is 14.9 Å². The molecule has 1 aliphatic heterocycles. The van der Waals surface area contributed by atoms with Crippen LogP contribution in [0, 0.1) is 0 Å². The summed E-state index contributed by atoms with van der Waals surface area (Å²) in [6.07, 6.45) is 0.575. The highest BCUT2D eigenvalue weighted by Gasteiger charge is 2.39. The fourth-order valence-electron chi connectivity index (χ4n) is 2.35. The van der Waals surface area contributed by atoms with Crippen molar-refractivity contribution in [1.29, 1.82) is 0 Å². The van der Waals surface area contributed by atoms with E-state index in [0.29, 0.717) is 18.5 Å². The minimum absolute atomic E-state index is 0.217. The van der Waals surface area contributed by atoms with Crippen molar-refractivity contribution in [2.75, 3.05) is 13.7 Å². The quantitative estimate of drug-likeness (QED) is 0.634. The molecule has 1 aromatic carbocycles. The first-order chi connectivity index (χ1) is 10.1. The van der Waals surface area contributed by atoms with Crippen LogP contribution in [0.4, 0.5) is 0 Å². The number of ether oxygens (including phenoxy) is 1. The number of rotatable bonds is 5. The van der Waals surface area contributed by atoms with Gasteiger partial charge in [0.15, 0.2) is 0 Å². The number of nitrogens with zero attached hydrogens (tertiary/aromatic N) is 1. The maximum absolute atomic E-state index is 11.7. The Labute approximate surface area is 128 Å². The van der Waals surface area contributed by atoms with Gasteiger partial charge in [-0.3, -0.25) is 0 Å². The van der Waals surface area contributed by atoms with Gasteiger partial charge in [-0.05, 0) is 12.1 Å². The number of esters is 1. The minimum atomic E-state index is -0.784. The summed E-state index contributed by atoms with van der Waals surface area (Å²) in [6.45, 7) is 4.03. The van der Waals surface area contributed by atoms with Crippen molar-refractivity contribution in [3.8, 4) is 0 Å². The Morgan fingerprint density at radius 3 is 2.90 bits per heavy atom. The van der Waals surface area contributed by atoms with E-state index in [2.05, 4.69) is 6.58 Å². The lowest BCUT2D eigenvalue weighted by Gasteiger charge is -2.23. The molecule has 0 aliphatic carbocycles. The van der Waals surface area contributed by atoms with Gasteiger partial charge in [0.25, 0.3) is 0 Å². The molecule has 0 saturated carbocycles. The number of hydrogen-bond donors (Lipinski definition) is 2. The molecule has 3 unspecified atom stereocenters. The second kappa shape index (κ2) is 7.09. The van der Waals surface area contributed by atoms with Gasteiger partial charge in [0.05, 0.1) is 17.9 Å². The van der Waals surface area contributed by atoms with E-state index in [9.17, 15) is 15.0 Å². The predicted molar refractivity (Wildman–Crippen MR) is 81.0 cm³/mol. The van der Waals surface area contributed by atoms with Crippen LogP contribution in [0.2, 0.25) is 0 Å². The summed E-state index contributed by atoms with van der Waals surface area (Å²) in [5.41, 5.74) is 0.467. The number of aliphatic hydroxyl groups is 2. The monoisotopic (exact) mass is 309 g/mol. The molecule has 1 aromatic rings. The SMILES string of the molecule is C=CCN1C(O)CC(Sc2ccccc2C(=O)OC)C1O. The van der Waals surface area contributed by atoms with Crippen molar-refractivity contribution in [3.05, 3.63) is 42.5 Å². The van der Waals surface area contributed by atoms with Gasteiger partial charge in [-0.2, -0.15) is 0 Å². The average Bonchev–Trinajstić information content (AvgIpc) is 2.75. The lowest BCUT2D eigenvalue weighted by Crippen LogP contribution is -2.38. The van der Waals surface area contributed by atoms with Crippen LogP contribution >= 0.6 is 11.8 Å². The molecule has 6 heteroatoms. The fraction of sp³-hybridized carbons (Fsp3) is 0.400.